The number of piperidine rings is 1. The van der Waals surface area contributed by atoms with Crippen LogP contribution in [0, 0.1) is 5.92 Å². The Hall–Kier alpha value is -2.41. The maximum Gasteiger partial charge on any atom is 0.231 e. The largest absolute Gasteiger partial charge is 0.369 e. The van der Waals surface area contributed by atoms with E-state index in [1.54, 1.807) is 4.90 Å². The molecule has 0 aliphatic carbocycles. The molecule has 2 aliphatic heterocycles. The Balaban J connectivity index is 1.65. The number of amides is 3. The first kappa shape index (κ1) is 18.4. The molecule has 1 aromatic rings. The van der Waals surface area contributed by atoms with Crippen LogP contribution in [0.2, 0.25) is 0 Å². The number of likely N-dealkylation sites (tertiary alicyclic amines) is 1. The van der Waals surface area contributed by atoms with Crippen LogP contribution in [0.1, 0.15) is 32.6 Å². The zero-order valence-electron chi connectivity index (χ0n) is 15.1. The van der Waals surface area contributed by atoms with E-state index >= 15 is 0 Å². The average Bonchev–Trinajstić information content (AvgIpc) is 2.93. The Kier molecular flexibility index (Phi) is 5.56. The highest BCUT2D eigenvalue weighted by Gasteiger charge is 2.29. The summed E-state index contributed by atoms with van der Waals surface area (Å²) >= 11 is 0. The molecular weight excluding hydrogens is 332 g/mol. The van der Waals surface area contributed by atoms with Crippen molar-refractivity contribution < 1.29 is 14.4 Å². The monoisotopic (exact) mass is 358 g/mol. The van der Waals surface area contributed by atoms with Crippen molar-refractivity contribution in [1.29, 1.82) is 0 Å². The minimum absolute atomic E-state index is 0.0582. The first-order valence-electron chi connectivity index (χ1n) is 9.17. The number of primary amides is 1. The van der Waals surface area contributed by atoms with E-state index < -0.39 is 0 Å². The highest BCUT2D eigenvalue weighted by molar-refractivity contribution is 5.98. The number of benzene rings is 1. The SMILES string of the molecule is CC1CCC(=O)N1c1cccc(NC(=O)C2CCCN(CC(N)=O)C2)c1. The van der Waals surface area contributed by atoms with E-state index in [9.17, 15) is 14.4 Å². The van der Waals surface area contributed by atoms with Crippen LogP contribution in [0.4, 0.5) is 11.4 Å². The molecule has 3 N–H and O–H groups in total. The molecule has 7 nitrogen and oxygen atoms in total. The molecule has 0 radical (unpaired) electrons. The fourth-order valence-electron chi connectivity index (χ4n) is 3.84. The number of carbonyl (C=O) groups is 3. The lowest BCUT2D eigenvalue weighted by Gasteiger charge is -2.31. The number of anilines is 2. The summed E-state index contributed by atoms with van der Waals surface area (Å²) in [5.74, 6) is -0.477. The van der Waals surface area contributed by atoms with E-state index in [1.165, 1.54) is 0 Å². The van der Waals surface area contributed by atoms with Gasteiger partial charge >= 0.3 is 0 Å². The Labute approximate surface area is 153 Å². The van der Waals surface area contributed by atoms with Crippen molar-refractivity contribution in [2.45, 2.75) is 38.6 Å². The van der Waals surface area contributed by atoms with Gasteiger partial charge < -0.3 is 16.0 Å². The summed E-state index contributed by atoms with van der Waals surface area (Å²) in [7, 11) is 0. The molecule has 0 aromatic heterocycles. The van der Waals surface area contributed by atoms with Crippen LogP contribution in [-0.4, -0.2) is 48.3 Å². The van der Waals surface area contributed by atoms with Crippen molar-refractivity contribution in [2.24, 2.45) is 11.7 Å². The highest BCUT2D eigenvalue weighted by Crippen LogP contribution is 2.28. The number of nitrogens with zero attached hydrogens (tertiary/aromatic N) is 2. The van der Waals surface area contributed by atoms with Gasteiger partial charge in [0.05, 0.1) is 12.5 Å². The number of carbonyl (C=O) groups excluding carboxylic acids is 3. The second kappa shape index (κ2) is 7.86. The van der Waals surface area contributed by atoms with Gasteiger partial charge in [0.25, 0.3) is 0 Å². The summed E-state index contributed by atoms with van der Waals surface area (Å²) in [6, 6.07) is 7.60. The predicted molar refractivity (Wildman–Crippen MR) is 99.6 cm³/mol. The van der Waals surface area contributed by atoms with Gasteiger partial charge in [0.15, 0.2) is 0 Å². The Morgan fingerprint density at radius 1 is 1.31 bits per heavy atom. The second-order valence-corrected chi connectivity index (χ2v) is 7.23. The van der Waals surface area contributed by atoms with Gasteiger partial charge in [-0.2, -0.15) is 0 Å². The molecule has 7 heteroatoms. The van der Waals surface area contributed by atoms with Crippen LogP contribution < -0.4 is 16.0 Å². The molecular formula is C19H26N4O3. The average molecular weight is 358 g/mol. The summed E-state index contributed by atoms with van der Waals surface area (Å²) in [6.07, 6.45) is 3.08. The summed E-state index contributed by atoms with van der Waals surface area (Å²) in [5.41, 5.74) is 6.76. The lowest BCUT2D eigenvalue weighted by Crippen LogP contribution is -2.44. The third-order valence-electron chi connectivity index (χ3n) is 5.13. The number of rotatable bonds is 5. The summed E-state index contributed by atoms with van der Waals surface area (Å²) < 4.78 is 0. The number of hydrogen-bond acceptors (Lipinski definition) is 4. The number of nitrogens with two attached hydrogens (primary N) is 1. The van der Waals surface area contributed by atoms with Crippen LogP contribution in [0.3, 0.4) is 0 Å². The van der Waals surface area contributed by atoms with E-state index in [0.717, 1.165) is 31.5 Å². The van der Waals surface area contributed by atoms with Gasteiger partial charge in [-0.1, -0.05) is 6.07 Å². The maximum absolute atomic E-state index is 12.6. The summed E-state index contributed by atoms with van der Waals surface area (Å²) in [5, 5.41) is 2.96. The van der Waals surface area contributed by atoms with E-state index in [-0.39, 0.29) is 36.2 Å². The zero-order valence-corrected chi connectivity index (χ0v) is 15.1. The molecule has 0 saturated carbocycles. The quantitative estimate of drug-likeness (QED) is 0.830. The Morgan fingerprint density at radius 2 is 2.12 bits per heavy atom. The molecule has 2 heterocycles. The van der Waals surface area contributed by atoms with Crippen molar-refractivity contribution in [3.8, 4) is 0 Å². The van der Waals surface area contributed by atoms with Gasteiger partial charge in [-0.15, -0.1) is 0 Å². The molecule has 1 aromatic carbocycles. The standard InChI is InChI=1S/C19H26N4O3/c1-13-7-8-18(25)23(13)16-6-2-5-15(10-16)21-19(26)14-4-3-9-22(11-14)12-17(20)24/h2,5-6,10,13-14H,3-4,7-9,11-12H2,1H3,(H2,20,24)(H,21,26). The van der Waals surface area contributed by atoms with Crippen LogP contribution >= 0.6 is 0 Å². The number of nitrogens with one attached hydrogen (secondary N) is 1. The fraction of sp³-hybridized carbons (Fsp3) is 0.526. The van der Waals surface area contributed by atoms with Crippen molar-refractivity contribution in [2.75, 3.05) is 29.9 Å². The molecule has 2 atom stereocenters. The van der Waals surface area contributed by atoms with Crippen molar-refractivity contribution >= 4 is 29.1 Å². The van der Waals surface area contributed by atoms with Crippen LogP contribution in [0.5, 0.6) is 0 Å². The molecule has 26 heavy (non-hydrogen) atoms. The molecule has 2 aliphatic rings. The van der Waals surface area contributed by atoms with Gasteiger partial charge in [-0.3, -0.25) is 19.3 Å². The second-order valence-electron chi connectivity index (χ2n) is 7.23. The third kappa shape index (κ3) is 4.22. The summed E-state index contributed by atoms with van der Waals surface area (Å²) in [6.45, 7) is 3.55. The fourth-order valence-corrected chi connectivity index (χ4v) is 3.84. The predicted octanol–water partition coefficient (Wildman–Crippen LogP) is 1.34. The molecule has 2 saturated heterocycles. The minimum Gasteiger partial charge on any atom is -0.369 e. The Morgan fingerprint density at radius 3 is 2.81 bits per heavy atom. The van der Waals surface area contributed by atoms with E-state index in [0.29, 0.717) is 18.7 Å². The van der Waals surface area contributed by atoms with Crippen molar-refractivity contribution in [3.05, 3.63) is 24.3 Å². The van der Waals surface area contributed by atoms with Crippen molar-refractivity contribution in [3.63, 3.8) is 0 Å². The van der Waals surface area contributed by atoms with Crippen molar-refractivity contribution in [1.82, 2.24) is 4.90 Å². The van der Waals surface area contributed by atoms with Gasteiger partial charge in [0.2, 0.25) is 17.7 Å². The first-order chi connectivity index (χ1) is 12.4. The molecule has 140 valence electrons. The smallest absolute Gasteiger partial charge is 0.231 e. The van der Waals surface area contributed by atoms with Crippen LogP contribution in [0.15, 0.2) is 24.3 Å². The lowest BCUT2D eigenvalue weighted by atomic mass is 9.97. The molecule has 0 spiro atoms. The van der Waals surface area contributed by atoms with Gasteiger partial charge in [-0.25, -0.2) is 0 Å². The van der Waals surface area contributed by atoms with E-state index in [2.05, 4.69) is 5.32 Å². The molecule has 3 amide bonds. The highest BCUT2D eigenvalue weighted by atomic mass is 16.2. The van der Waals surface area contributed by atoms with E-state index in [4.69, 9.17) is 5.73 Å². The first-order valence-corrected chi connectivity index (χ1v) is 9.17. The zero-order chi connectivity index (χ0) is 18.7. The molecule has 2 unspecified atom stereocenters. The number of hydrogen-bond donors (Lipinski definition) is 2. The topological polar surface area (TPSA) is 95.7 Å². The van der Waals surface area contributed by atoms with Crippen LogP contribution in [-0.2, 0) is 14.4 Å². The lowest BCUT2D eigenvalue weighted by molar-refractivity contribution is -0.124. The van der Waals surface area contributed by atoms with Gasteiger partial charge in [0, 0.05) is 30.4 Å². The van der Waals surface area contributed by atoms with Gasteiger partial charge in [-0.05, 0) is 50.9 Å². The van der Waals surface area contributed by atoms with Gasteiger partial charge in [0.1, 0.15) is 0 Å². The molecule has 3 rings (SSSR count). The van der Waals surface area contributed by atoms with E-state index in [1.807, 2.05) is 36.1 Å². The Bertz CT molecular complexity index is 706. The summed E-state index contributed by atoms with van der Waals surface area (Å²) in [4.78, 5) is 39.5. The maximum atomic E-state index is 12.6. The van der Waals surface area contributed by atoms with Crippen LogP contribution in [0.25, 0.3) is 0 Å². The minimum atomic E-state index is -0.372. The normalized spacial score (nSPS) is 23.9. The molecule has 2 fully saturated rings. The third-order valence-corrected chi connectivity index (χ3v) is 5.13. The molecule has 0 bridgehead atoms.